The number of hydrogen-bond acceptors (Lipinski definition) is 4. The number of ether oxygens (including phenoxy) is 1. The van der Waals surface area contributed by atoms with Gasteiger partial charge in [-0.2, -0.15) is 4.79 Å². The van der Waals surface area contributed by atoms with Crippen LogP contribution in [-0.4, -0.2) is 36.0 Å². The summed E-state index contributed by atoms with van der Waals surface area (Å²) < 4.78 is 4.12. The highest BCUT2D eigenvalue weighted by molar-refractivity contribution is 6.01. The number of benzene rings is 1. The number of fused-ring (bicyclic) bond motifs is 1. The second-order valence-corrected chi connectivity index (χ2v) is 5.60. The average molecular weight is 277 g/mol. The lowest BCUT2D eigenvalue weighted by Gasteiger charge is -2.35. The largest absolute Gasteiger partial charge is 0.546 e. The topological polar surface area (TPSA) is 76.0 Å². The maximum absolute atomic E-state index is 11.8. The molecule has 0 aromatic heterocycles. The molecule has 1 amide bonds. The van der Waals surface area contributed by atoms with Gasteiger partial charge in [0, 0.05) is 6.07 Å². The van der Waals surface area contributed by atoms with Crippen LogP contribution in [0.3, 0.4) is 0 Å². The van der Waals surface area contributed by atoms with Crippen molar-refractivity contribution >= 4 is 24.0 Å². The molecule has 2 rings (SSSR count). The molecule has 0 saturated carbocycles. The van der Waals surface area contributed by atoms with Gasteiger partial charge < -0.3 is 9.84 Å². The quantitative estimate of drug-likeness (QED) is 0.632. The van der Waals surface area contributed by atoms with Gasteiger partial charge in [-0.05, 0) is 32.9 Å². The standard InChI is InChI=1S/C14H16N2O4/c1-14(2,3)16(13(18)19)11-6-5-9(12(17)20-4)7-10(11)8-15-16/h5-8H,1-4H3/p+1. The van der Waals surface area contributed by atoms with Crippen molar-refractivity contribution in [3.05, 3.63) is 29.3 Å². The van der Waals surface area contributed by atoms with Crippen molar-refractivity contribution in [2.75, 3.05) is 7.11 Å². The number of hydrogen-bond donors (Lipinski definition) is 1. The fourth-order valence-corrected chi connectivity index (χ4v) is 2.38. The van der Waals surface area contributed by atoms with Crippen LogP contribution < -0.4 is 4.59 Å². The molecule has 106 valence electrons. The molecule has 0 aliphatic carbocycles. The van der Waals surface area contributed by atoms with Crippen molar-refractivity contribution in [1.82, 2.24) is 4.59 Å². The van der Waals surface area contributed by atoms with Crippen molar-refractivity contribution in [2.45, 2.75) is 26.3 Å². The van der Waals surface area contributed by atoms with Crippen molar-refractivity contribution in [3.8, 4) is 0 Å². The first-order valence-electron chi connectivity index (χ1n) is 6.15. The Morgan fingerprint density at radius 3 is 2.45 bits per heavy atom. The minimum Gasteiger partial charge on any atom is -0.465 e. The zero-order valence-electron chi connectivity index (χ0n) is 11.9. The molecule has 1 atom stereocenters. The minimum absolute atomic E-state index is 0.372. The molecule has 6 heteroatoms. The van der Waals surface area contributed by atoms with E-state index in [0.717, 1.165) is 0 Å². The molecule has 1 aromatic carbocycles. The van der Waals surface area contributed by atoms with E-state index < -0.39 is 22.2 Å². The molecule has 20 heavy (non-hydrogen) atoms. The number of quaternary nitrogens is 1. The summed E-state index contributed by atoms with van der Waals surface area (Å²) in [7, 11) is 1.30. The number of amides is 1. The normalized spacial score (nSPS) is 20.6. The van der Waals surface area contributed by atoms with E-state index in [1.54, 1.807) is 18.2 Å². The monoisotopic (exact) mass is 277 g/mol. The number of carbonyl (C=O) groups is 2. The predicted molar refractivity (Wildman–Crippen MR) is 74.9 cm³/mol. The number of rotatable bonds is 1. The Hall–Kier alpha value is -2.21. The highest BCUT2D eigenvalue weighted by Crippen LogP contribution is 2.40. The second-order valence-electron chi connectivity index (χ2n) is 5.60. The molecule has 0 bridgehead atoms. The van der Waals surface area contributed by atoms with Gasteiger partial charge >= 0.3 is 12.1 Å². The molecule has 1 unspecified atom stereocenters. The Balaban J connectivity index is 2.62. The van der Waals surface area contributed by atoms with Crippen molar-refractivity contribution in [2.24, 2.45) is 5.10 Å². The number of nitrogens with zero attached hydrogens (tertiary/aromatic N) is 2. The summed E-state index contributed by atoms with van der Waals surface area (Å²) in [4.78, 5) is 23.3. The van der Waals surface area contributed by atoms with Gasteiger partial charge in [0.2, 0.25) is 0 Å². The molecule has 0 spiro atoms. The lowest BCUT2D eigenvalue weighted by Crippen LogP contribution is -2.60. The van der Waals surface area contributed by atoms with Crippen LogP contribution in [0.5, 0.6) is 0 Å². The van der Waals surface area contributed by atoms with E-state index in [4.69, 9.17) is 0 Å². The van der Waals surface area contributed by atoms with Gasteiger partial charge in [0.1, 0.15) is 5.54 Å². The third-order valence-electron chi connectivity index (χ3n) is 3.41. The highest BCUT2D eigenvalue weighted by Gasteiger charge is 2.55. The zero-order chi connectivity index (χ0) is 15.1. The van der Waals surface area contributed by atoms with Gasteiger partial charge in [-0.1, -0.05) is 9.69 Å². The lowest BCUT2D eigenvalue weighted by molar-refractivity contribution is 0.0600. The minimum atomic E-state index is -1.06. The first-order chi connectivity index (χ1) is 9.24. The smallest absolute Gasteiger partial charge is 0.465 e. The van der Waals surface area contributed by atoms with E-state index in [9.17, 15) is 14.7 Å². The summed E-state index contributed by atoms with van der Waals surface area (Å²) in [5.74, 6) is -0.461. The maximum Gasteiger partial charge on any atom is 0.546 e. The third-order valence-corrected chi connectivity index (χ3v) is 3.41. The third kappa shape index (κ3) is 1.80. The Bertz CT molecular complexity index is 616. The molecule has 1 aliphatic rings. The van der Waals surface area contributed by atoms with Crippen LogP contribution in [0.4, 0.5) is 10.5 Å². The summed E-state index contributed by atoms with van der Waals surface area (Å²) in [6, 6.07) is 4.77. The van der Waals surface area contributed by atoms with E-state index in [1.807, 2.05) is 20.8 Å². The second kappa shape index (κ2) is 4.42. The Morgan fingerprint density at radius 1 is 1.30 bits per heavy atom. The number of carbonyl (C=O) groups excluding carboxylic acids is 1. The first-order valence-corrected chi connectivity index (χ1v) is 6.15. The number of carboxylic acid groups (broad SMARTS) is 1. The van der Waals surface area contributed by atoms with Gasteiger partial charge in [0.05, 0.1) is 24.5 Å². The Kier molecular flexibility index (Phi) is 3.14. The van der Waals surface area contributed by atoms with E-state index in [-0.39, 0.29) is 0 Å². The van der Waals surface area contributed by atoms with Crippen LogP contribution in [0, 0.1) is 0 Å². The van der Waals surface area contributed by atoms with E-state index in [2.05, 4.69) is 9.84 Å². The van der Waals surface area contributed by atoms with Crippen molar-refractivity contribution < 1.29 is 19.4 Å². The van der Waals surface area contributed by atoms with Gasteiger partial charge in [-0.25, -0.2) is 4.79 Å². The molecule has 1 aliphatic heterocycles. The predicted octanol–water partition coefficient (Wildman–Crippen LogP) is 2.60. The molecule has 0 saturated heterocycles. The maximum atomic E-state index is 11.8. The zero-order valence-corrected chi connectivity index (χ0v) is 11.9. The Morgan fingerprint density at radius 2 is 1.95 bits per heavy atom. The van der Waals surface area contributed by atoms with Crippen LogP contribution in [-0.2, 0) is 4.74 Å². The van der Waals surface area contributed by atoms with E-state index >= 15 is 0 Å². The van der Waals surface area contributed by atoms with Crippen LogP contribution in [0.25, 0.3) is 0 Å². The summed E-state index contributed by atoms with van der Waals surface area (Å²) in [6.45, 7) is 5.42. The summed E-state index contributed by atoms with van der Waals surface area (Å²) in [5, 5.41) is 13.8. The molecule has 1 N–H and O–H groups in total. The highest BCUT2D eigenvalue weighted by atomic mass is 16.5. The van der Waals surface area contributed by atoms with Crippen molar-refractivity contribution in [3.63, 3.8) is 0 Å². The fraction of sp³-hybridized carbons (Fsp3) is 0.357. The van der Waals surface area contributed by atoms with Gasteiger partial charge in [-0.15, -0.1) is 0 Å². The van der Waals surface area contributed by atoms with Crippen LogP contribution in [0.1, 0.15) is 36.7 Å². The fourth-order valence-electron chi connectivity index (χ4n) is 2.38. The van der Waals surface area contributed by atoms with Gasteiger partial charge in [-0.3, -0.25) is 0 Å². The van der Waals surface area contributed by atoms with Gasteiger partial charge in [0.15, 0.2) is 5.69 Å². The van der Waals surface area contributed by atoms with Crippen LogP contribution in [0.2, 0.25) is 0 Å². The molecule has 1 aromatic rings. The van der Waals surface area contributed by atoms with E-state index in [0.29, 0.717) is 16.8 Å². The average Bonchev–Trinajstić information content (AvgIpc) is 2.76. The summed E-state index contributed by atoms with van der Waals surface area (Å²) >= 11 is 0. The van der Waals surface area contributed by atoms with Crippen LogP contribution >= 0.6 is 0 Å². The summed E-state index contributed by atoms with van der Waals surface area (Å²) in [5.41, 5.74) is 0.875. The van der Waals surface area contributed by atoms with Crippen LogP contribution in [0.15, 0.2) is 23.3 Å². The number of methoxy groups -OCH3 is 1. The molecule has 6 nitrogen and oxygen atoms in total. The Labute approximate surface area is 116 Å². The first kappa shape index (κ1) is 14.2. The molecule has 0 fully saturated rings. The molecular weight excluding hydrogens is 260 g/mol. The molecule has 0 radical (unpaired) electrons. The number of esters is 1. The SMILES string of the molecule is COC(=O)c1ccc2c(c1)C=N[N+]2(C(=O)O)C(C)(C)C. The molecular formula is C14H17N2O4+. The summed E-state index contributed by atoms with van der Waals surface area (Å²) in [6.07, 6.45) is 0.430. The lowest BCUT2D eigenvalue weighted by atomic mass is 10.0. The van der Waals surface area contributed by atoms with Crippen molar-refractivity contribution in [1.29, 1.82) is 0 Å². The molecule has 1 heterocycles. The van der Waals surface area contributed by atoms with Gasteiger partial charge in [0.25, 0.3) is 0 Å². The van der Waals surface area contributed by atoms with E-state index in [1.165, 1.54) is 13.3 Å².